The van der Waals surface area contributed by atoms with E-state index in [9.17, 15) is 0 Å². The van der Waals surface area contributed by atoms with E-state index in [0.29, 0.717) is 11.6 Å². The number of fused-ring (bicyclic) bond motifs is 2. The van der Waals surface area contributed by atoms with Gasteiger partial charge in [0, 0.05) is 68.4 Å². The quantitative estimate of drug-likeness (QED) is 0.151. The van der Waals surface area contributed by atoms with Gasteiger partial charge in [-0.05, 0) is 116 Å². The van der Waals surface area contributed by atoms with Crippen LogP contribution in [0.1, 0.15) is 45.2 Å². The second kappa shape index (κ2) is 17.9. The zero-order chi connectivity index (χ0) is 50.1. The summed E-state index contributed by atoms with van der Waals surface area (Å²) in [5, 5.41) is 2.24. The zero-order valence-corrected chi connectivity index (χ0v) is 41.1. The summed E-state index contributed by atoms with van der Waals surface area (Å²) >= 11 is 0. The van der Waals surface area contributed by atoms with Gasteiger partial charge in [0.1, 0.15) is 0 Å². The lowest BCUT2D eigenvalue weighted by Crippen LogP contribution is -2.27. The maximum absolute atomic E-state index is 5.29. The highest BCUT2D eigenvalue weighted by Gasteiger charge is 2.41. The molecule has 0 N–H and O–H groups in total. The van der Waals surface area contributed by atoms with Gasteiger partial charge < -0.3 is 0 Å². The van der Waals surface area contributed by atoms with Gasteiger partial charge in [0.2, 0.25) is 0 Å². The molecule has 9 aromatic carbocycles. The van der Waals surface area contributed by atoms with E-state index in [1.54, 1.807) is 0 Å². The van der Waals surface area contributed by atoms with E-state index in [1.807, 2.05) is 60.9 Å². The molecule has 2 atom stereocenters. The first-order valence-electron chi connectivity index (χ1n) is 25.8. The Hall–Kier alpha value is -10.0. The molecule has 0 amide bonds. The molecule has 6 heteroatoms. The molecule has 0 spiro atoms. The fraction of sp³-hybridized carbons (Fsp3) is 0.0286. The van der Waals surface area contributed by atoms with E-state index in [-0.39, 0.29) is 11.8 Å². The highest BCUT2D eigenvalue weighted by molar-refractivity contribution is 5.87. The molecule has 76 heavy (non-hydrogen) atoms. The summed E-state index contributed by atoms with van der Waals surface area (Å²) < 4.78 is 0. The molecule has 2 unspecified atom stereocenters. The Labute approximate surface area is 439 Å². The molecular formula is C70H44N6. The third-order valence-electron chi connectivity index (χ3n) is 15.4. The zero-order valence-electron chi connectivity index (χ0n) is 41.1. The third kappa shape index (κ3) is 7.57. The summed E-state index contributed by atoms with van der Waals surface area (Å²) in [5.41, 5.74) is 24.2. The lowest BCUT2D eigenvalue weighted by atomic mass is 9.60. The lowest BCUT2D eigenvalue weighted by molar-refractivity contribution is 0.755. The molecule has 13 aromatic rings. The highest BCUT2D eigenvalue weighted by Crippen LogP contribution is 2.57. The van der Waals surface area contributed by atoms with Crippen molar-refractivity contribution in [1.82, 2.24) is 29.9 Å². The molecule has 4 heterocycles. The molecule has 2 bridgehead atoms. The van der Waals surface area contributed by atoms with E-state index in [2.05, 4.69) is 204 Å². The van der Waals surface area contributed by atoms with E-state index in [1.165, 1.54) is 33.4 Å². The Bertz CT molecular complexity index is 4120. The first kappa shape index (κ1) is 43.5. The second-order valence-electron chi connectivity index (χ2n) is 19.8. The molecule has 0 saturated carbocycles. The summed E-state index contributed by atoms with van der Waals surface area (Å²) in [4.78, 5) is 30.0. The molecule has 4 aromatic heterocycles. The van der Waals surface area contributed by atoms with Gasteiger partial charge in [-0.3, -0.25) is 9.97 Å². The molecule has 6 nitrogen and oxygen atoms in total. The minimum atomic E-state index is 0.0479. The number of hydrogen-bond acceptors (Lipinski definition) is 6. The summed E-state index contributed by atoms with van der Waals surface area (Å²) in [6.07, 6.45) is 3.67. The molecule has 0 saturated heterocycles. The minimum Gasteiger partial charge on any atom is -0.256 e. The lowest BCUT2D eigenvalue weighted by Gasteiger charge is -2.42. The van der Waals surface area contributed by atoms with Crippen LogP contribution in [-0.4, -0.2) is 29.9 Å². The molecule has 354 valence electrons. The Kier molecular flexibility index (Phi) is 10.2. The van der Waals surface area contributed by atoms with Crippen LogP contribution in [0.15, 0.2) is 255 Å². The van der Waals surface area contributed by atoms with Crippen LogP contribution in [0.3, 0.4) is 0 Å². The topological polar surface area (TPSA) is 77.3 Å². The van der Waals surface area contributed by atoms with Crippen molar-refractivity contribution in [2.45, 2.75) is 11.8 Å². The number of aromatic nitrogens is 6. The Morgan fingerprint density at radius 2 is 0.579 bits per heavy atom. The third-order valence-corrected chi connectivity index (χ3v) is 15.4. The molecule has 3 aliphatic carbocycles. The van der Waals surface area contributed by atoms with Crippen molar-refractivity contribution in [2.24, 2.45) is 0 Å². The van der Waals surface area contributed by atoms with Crippen molar-refractivity contribution in [1.29, 1.82) is 0 Å². The number of pyridine rings is 2. The standard InChI is InChI=1S/C70H44N6/c1-3-11-47(12-4-1)69-73-63(45-23-19-43(20-24-45)49-29-33-61-51(37-49)15-9-35-71-61)41-65(75-69)53-27-31-57-59(39-53)67-55-17-7-8-18-56(55)68(57)60-40-54(28-32-58(60)67)66-42-64(74-70(76-66)48-13-5-2-6-14-48)46-25-21-44(22-26-46)50-30-34-62-52(38-50)16-10-36-72-62/h1-42,67-68H. The van der Waals surface area contributed by atoms with Crippen LogP contribution in [0.25, 0.3) is 112 Å². The first-order valence-corrected chi connectivity index (χ1v) is 25.8. The average molecular weight is 969 g/mol. The van der Waals surface area contributed by atoms with Gasteiger partial charge in [-0.25, -0.2) is 19.9 Å². The smallest absolute Gasteiger partial charge is 0.160 e. The Morgan fingerprint density at radius 1 is 0.224 bits per heavy atom. The molecule has 3 aliphatic rings. The normalized spacial score (nSPS) is 14.1. The molecule has 0 aliphatic heterocycles. The Balaban J connectivity index is 0.801. The van der Waals surface area contributed by atoms with Crippen LogP contribution in [0.5, 0.6) is 0 Å². The fourth-order valence-corrected chi connectivity index (χ4v) is 11.6. The maximum atomic E-state index is 5.29. The van der Waals surface area contributed by atoms with Crippen LogP contribution < -0.4 is 0 Å². The fourth-order valence-electron chi connectivity index (χ4n) is 11.6. The molecule has 16 rings (SSSR count). The van der Waals surface area contributed by atoms with Crippen LogP contribution in [0.4, 0.5) is 0 Å². The number of nitrogens with zero attached hydrogens (tertiary/aromatic N) is 6. The van der Waals surface area contributed by atoms with Crippen molar-refractivity contribution in [3.63, 3.8) is 0 Å². The highest BCUT2D eigenvalue weighted by atomic mass is 14.9. The van der Waals surface area contributed by atoms with Crippen molar-refractivity contribution < 1.29 is 0 Å². The van der Waals surface area contributed by atoms with Gasteiger partial charge in [-0.1, -0.05) is 182 Å². The Morgan fingerprint density at radius 3 is 1.01 bits per heavy atom. The summed E-state index contributed by atoms with van der Waals surface area (Å²) in [6, 6.07) is 86.4. The molecule has 0 fully saturated rings. The monoisotopic (exact) mass is 968 g/mol. The average Bonchev–Trinajstić information content (AvgIpc) is 3.58. The predicted molar refractivity (Wildman–Crippen MR) is 306 cm³/mol. The van der Waals surface area contributed by atoms with Gasteiger partial charge in [-0.2, -0.15) is 0 Å². The van der Waals surface area contributed by atoms with Gasteiger partial charge in [0.15, 0.2) is 11.6 Å². The number of benzene rings is 9. The summed E-state index contributed by atoms with van der Waals surface area (Å²) in [6.45, 7) is 0. The van der Waals surface area contributed by atoms with Gasteiger partial charge >= 0.3 is 0 Å². The van der Waals surface area contributed by atoms with E-state index in [0.717, 1.165) is 100 Å². The van der Waals surface area contributed by atoms with Crippen LogP contribution >= 0.6 is 0 Å². The van der Waals surface area contributed by atoms with Gasteiger partial charge in [0.25, 0.3) is 0 Å². The number of hydrogen-bond donors (Lipinski definition) is 0. The first-order chi connectivity index (χ1) is 37.6. The van der Waals surface area contributed by atoms with Gasteiger partial charge in [0.05, 0.1) is 33.8 Å². The minimum absolute atomic E-state index is 0.0479. The second-order valence-corrected chi connectivity index (χ2v) is 19.8. The van der Waals surface area contributed by atoms with E-state index in [4.69, 9.17) is 19.9 Å². The van der Waals surface area contributed by atoms with Crippen molar-refractivity contribution in [2.75, 3.05) is 0 Å². The predicted octanol–water partition coefficient (Wildman–Crippen LogP) is 16.7. The van der Waals surface area contributed by atoms with Crippen molar-refractivity contribution in [3.8, 4) is 90.1 Å². The molecular weight excluding hydrogens is 925 g/mol. The summed E-state index contributed by atoms with van der Waals surface area (Å²) in [5.74, 6) is 1.49. The molecule has 0 radical (unpaired) electrons. The largest absolute Gasteiger partial charge is 0.256 e. The SMILES string of the molecule is c1ccc(-c2nc(-c3ccc(-c4ccc5ncccc5c4)cc3)cc(-c3ccc4c(c3)C3c5ccccc5C4c4cc(-c5cc(-c6ccc(-c7ccc8ncccc8c7)cc6)nc(-c6ccccc6)n5)ccc43)n2)cc1. The van der Waals surface area contributed by atoms with Crippen molar-refractivity contribution >= 4 is 21.8 Å². The maximum Gasteiger partial charge on any atom is 0.160 e. The van der Waals surface area contributed by atoms with Gasteiger partial charge in [-0.15, -0.1) is 0 Å². The number of rotatable bonds is 8. The van der Waals surface area contributed by atoms with E-state index >= 15 is 0 Å². The van der Waals surface area contributed by atoms with Crippen LogP contribution in [0, 0.1) is 0 Å². The summed E-state index contributed by atoms with van der Waals surface area (Å²) in [7, 11) is 0. The van der Waals surface area contributed by atoms with E-state index < -0.39 is 0 Å². The van der Waals surface area contributed by atoms with Crippen molar-refractivity contribution in [3.05, 3.63) is 288 Å². The van der Waals surface area contributed by atoms with Crippen LogP contribution in [0.2, 0.25) is 0 Å². The van der Waals surface area contributed by atoms with Crippen LogP contribution in [-0.2, 0) is 0 Å².